The SMILES string of the molecule is Cc1nccc(CNc2nccn(CC(C)C)c2=O)n1. The molecular formula is C14H19N5O. The average molecular weight is 273 g/mol. The lowest BCUT2D eigenvalue weighted by Gasteiger charge is -2.10. The smallest absolute Gasteiger partial charge is 0.293 e. The van der Waals surface area contributed by atoms with Crippen LogP contribution in [0.25, 0.3) is 0 Å². The Balaban J connectivity index is 2.12. The van der Waals surface area contributed by atoms with Gasteiger partial charge in [-0.3, -0.25) is 4.79 Å². The molecule has 2 rings (SSSR count). The summed E-state index contributed by atoms with van der Waals surface area (Å²) in [6.07, 6.45) is 5.05. The van der Waals surface area contributed by atoms with Crippen LogP contribution in [0.5, 0.6) is 0 Å². The normalized spacial score (nSPS) is 10.8. The van der Waals surface area contributed by atoms with E-state index in [1.54, 1.807) is 23.2 Å². The third-order valence-corrected chi connectivity index (χ3v) is 2.75. The largest absolute Gasteiger partial charge is 0.360 e. The van der Waals surface area contributed by atoms with Gasteiger partial charge < -0.3 is 9.88 Å². The zero-order valence-electron chi connectivity index (χ0n) is 12.0. The minimum Gasteiger partial charge on any atom is -0.360 e. The van der Waals surface area contributed by atoms with Crippen molar-refractivity contribution in [3.05, 3.63) is 46.5 Å². The van der Waals surface area contributed by atoms with Crippen LogP contribution < -0.4 is 10.9 Å². The van der Waals surface area contributed by atoms with E-state index < -0.39 is 0 Å². The van der Waals surface area contributed by atoms with Crippen LogP contribution in [0, 0.1) is 12.8 Å². The van der Waals surface area contributed by atoms with E-state index in [-0.39, 0.29) is 5.56 Å². The second kappa shape index (κ2) is 6.27. The van der Waals surface area contributed by atoms with Crippen molar-refractivity contribution in [2.24, 2.45) is 5.92 Å². The molecule has 0 spiro atoms. The Bertz CT molecular complexity index is 635. The molecule has 2 heterocycles. The lowest BCUT2D eigenvalue weighted by Crippen LogP contribution is -2.26. The van der Waals surface area contributed by atoms with Gasteiger partial charge in [0, 0.05) is 25.1 Å². The van der Waals surface area contributed by atoms with Crippen molar-refractivity contribution in [3.63, 3.8) is 0 Å². The summed E-state index contributed by atoms with van der Waals surface area (Å²) in [6, 6.07) is 1.82. The predicted octanol–water partition coefficient (Wildman–Crippen LogP) is 1.61. The van der Waals surface area contributed by atoms with Crippen molar-refractivity contribution in [2.45, 2.75) is 33.9 Å². The summed E-state index contributed by atoms with van der Waals surface area (Å²) in [5, 5.41) is 3.04. The first kappa shape index (κ1) is 14.2. The molecule has 6 nitrogen and oxygen atoms in total. The number of aryl methyl sites for hydroxylation is 1. The minimum atomic E-state index is -0.105. The number of rotatable bonds is 5. The van der Waals surface area contributed by atoms with Gasteiger partial charge in [-0.15, -0.1) is 0 Å². The van der Waals surface area contributed by atoms with Crippen molar-refractivity contribution in [2.75, 3.05) is 5.32 Å². The van der Waals surface area contributed by atoms with Crippen LogP contribution >= 0.6 is 0 Å². The summed E-state index contributed by atoms with van der Waals surface area (Å²) in [7, 11) is 0. The Morgan fingerprint density at radius 1 is 1.30 bits per heavy atom. The second-order valence-corrected chi connectivity index (χ2v) is 5.08. The van der Waals surface area contributed by atoms with Crippen LogP contribution in [-0.2, 0) is 13.1 Å². The molecule has 0 aliphatic rings. The first-order chi connectivity index (χ1) is 9.56. The molecule has 0 aliphatic heterocycles. The van der Waals surface area contributed by atoms with Gasteiger partial charge in [-0.25, -0.2) is 15.0 Å². The molecule has 20 heavy (non-hydrogen) atoms. The van der Waals surface area contributed by atoms with Crippen LogP contribution in [0.15, 0.2) is 29.5 Å². The predicted molar refractivity (Wildman–Crippen MR) is 77.4 cm³/mol. The van der Waals surface area contributed by atoms with Crippen molar-refractivity contribution >= 4 is 5.82 Å². The standard InChI is InChI=1S/C14H19N5O/c1-10(2)9-19-7-6-16-13(14(19)20)17-8-12-4-5-15-11(3)18-12/h4-7,10H,8-9H2,1-3H3,(H,16,17). The van der Waals surface area contributed by atoms with E-state index in [0.717, 1.165) is 5.69 Å². The van der Waals surface area contributed by atoms with Gasteiger partial charge in [-0.1, -0.05) is 13.8 Å². The van der Waals surface area contributed by atoms with Crippen molar-refractivity contribution in [1.29, 1.82) is 0 Å². The molecule has 0 radical (unpaired) electrons. The Kier molecular flexibility index (Phi) is 4.45. The number of aromatic nitrogens is 4. The maximum Gasteiger partial charge on any atom is 0.293 e. The molecule has 0 amide bonds. The van der Waals surface area contributed by atoms with E-state index in [1.807, 2.05) is 13.0 Å². The molecule has 0 saturated heterocycles. The van der Waals surface area contributed by atoms with E-state index in [1.165, 1.54) is 0 Å². The fourth-order valence-corrected chi connectivity index (χ4v) is 1.88. The molecule has 0 aliphatic carbocycles. The van der Waals surface area contributed by atoms with E-state index in [4.69, 9.17) is 0 Å². The van der Waals surface area contributed by atoms with Crippen molar-refractivity contribution in [1.82, 2.24) is 19.5 Å². The lowest BCUT2D eigenvalue weighted by molar-refractivity contribution is 0.509. The highest BCUT2D eigenvalue weighted by molar-refractivity contribution is 5.31. The van der Waals surface area contributed by atoms with Gasteiger partial charge in [0.25, 0.3) is 5.56 Å². The first-order valence-corrected chi connectivity index (χ1v) is 6.64. The summed E-state index contributed by atoms with van der Waals surface area (Å²) < 4.78 is 1.67. The van der Waals surface area contributed by atoms with Crippen LogP contribution in [0.2, 0.25) is 0 Å². The molecule has 0 fully saturated rings. The Hall–Kier alpha value is -2.24. The third-order valence-electron chi connectivity index (χ3n) is 2.75. The highest BCUT2D eigenvalue weighted by Crippen LogP contribution is 2.01. The van der Waals surface area contributed by atoms with Crippen LogP contribution in [0.4, 0.5) is 5.82 Å². The highest BCUT2D eigenvalue weighted by Gasteiger charge is 2.06. The zero-order valence-corrected chi connectivity index (χ0v) is 12.0. The van der Waals surface area contributed by atoms with Gasteiger partial charge in [0.05, 0.1) is 12.2 Å². The monoisotopic (exact) mass is 273 g/mol. The van der Waals surface area contributed by atoms with Gasteiger partial charge in [0.2, 0.25) is 0 Å². The molecule has 0 aromatic carbocycles. The van der Waals surface area contributed by atoms with Gasteiger partial charge in [-0.05, 0) is 18.9 Å². The van der Waals surface area contributed by atoms with Crippen molar-refractivity contribution < 1.29 is 0 Å². The van der Waals surface area contributed by atoms with E-state index in [9.17, 15) is 4.79 Å². The number of anilines is 1. The summed E-state index contributed by atoms with van der Waals surface area (Å²) >= 11 is 0. The highest BCUT2D eigenvalue weighted by atomic mass is 16.1. The topological polar surface area (TPSA) is 72.7 Å². The van der Waals surface area contributed by atoms with E-state index in [2.05, 4.69) is 34.1 Å². The molecule has 2 aromatic rings. The Labute approximate surface area is 117 Å². The van der Waals surface area contributed by atoms with Crippen LogP contribution in [0.1, 0.15) is 25.4 Å². The molecule has 0 saturated carbocycles. The van der Waals surface area contributed by atoms with Gasteiger partial charge in [-0.2, -0.15) is 0 Å². The second-order valence-electron chi connectivity index (χ2n) is 5.08. The van der Waals surface area contributed by atoms with E-state index >= 15 is 0 Å². The quantitative estimate of drug-likeness (QED) is 0.896. The summed E-state index contributed by atoms with van der Waals surface area (Å²) in [5.74, 6) is 1.47. The maximum atomic E-state index is 12.2. The molecule has 0 unspecified atom stereocenters. The number of nitrogens with zero attached hydrogens (tertiary/aromatic N) is 4. The van der Waals surface area contributed by atoms with E-state index in [0.29, 0.717) is 30.6 Å². The molecule has 1 N–H and O–H groups in total. The van der Waals surface area contributed by atoms with Gasteiger partial charge >= 0.3 is 0 Å². The summed E-state index contributed by atoms with van der Waals surface area (Å²) in [4.78, 5) is 24.6. The number of nitrogens with one attached hydrogen (secondary N) is 1. The molecule has 0 atom stereocenters. The summed E-state index contributed by atoms with van der Waals surface area (Å²) in [5.41, 5.74) is 0.727. The molecule has 0 bridgehead atoms. The third kappa shape index (κ3) is 3.63. The van der Waals surface area contributed by atoms with Crippen molar-refractivity contribution in [3.8, 4) is 0 Å². The fraction of sp³-hybridized carbons (Fsp3) is 0.429. The minimum absolute atomic E-state index is 0.105. The van der Waals surface area contributed by atoms with Crippen LogP contribution in [-0.4, -0.2) is 19.5 Å². The Morgan fingerprint density at radius 3 is 2.80 bits per heavy atom. The fourth-order valence-electron chi connectivity index (χ4n) is 1.88. The van der Waals surface area contributed by atoms with Crippen LogP contribution in [0.3, 0.4) is 0 Å². The summed E-state index contributed by atoms with van der Waals surface area (Å²) in [6.45, 7) is 7.12. The average Bonchev–Trinajstić information content (AvgIpc) is 2.39. The number of hydrogen-bond acceptors (Lipinski definition) is 5. The lowest BCUT2D eigenvalue weighted by atomic mass is 10.2. The Morgan fingerprint density at radius 2 is 2.10 bits per heavy atom. The number of hydrogen-bond donors (Lipinski definition) is 1. The molecular weight excluding hydrogens is 254 g/mol. The van der Waals surface area contributed by atoms with Gasteiger partial charge in [0.15, 0.2) is 5.82 Å². The maximum absolute atomic E-state index is 12.2. The van der Waals surface area contributed by atoms with Gasteiger partial charge in [0.1, 0.15) is 5.82 Å². The zero-order chi connectivity index (χ0) is 14.5. The molecule has 106 valence electrons. The molecule has 2 aromatic heterocycles. The molecule has 6 heteroatoms. The first-order valence-electron chi connectivity index (χ1n) is 6.64.